The van der Waals surface area contributed by atoms with Gasteiger partial charge in [-0.15, -0.1) is 13.2 Å². The molecule has 0 N–H and O–H groups in total. The Balaban J connectivity index is 1.72. The number of hydrogen-bond acceptors (Lipinski definition) is 1. The van der Waals surface area contributed by atoms with E-state index in [1.165, 1.54) is 24.1 Å². The number of hydrogen-bond donors (Lipinski definition) is 0. The number of halogens is 5. The maximum atomic E-state index is 15.3. The standard InChI is InChI=1S/C26H21F5O/c1-2-3-4-5-16-6-9-19-17(14-16)7-10-22-21(19)12-11-20(25(22)28)18-8-13-24(23(27)15-18)32-26(29,30)31/h6-15H,2-5H2,1H3. The van der Waals surface area contributed by atoms with Crippen LogP contribution in [-0.2, 0) is 6.42 Å². The molecule has 0 aliphatic carbocycles. The normalized spacial score (nSPS) is 11.9. The van der Waals surface area contributed by atoms with Crippen molar-refractivity contribution in [2.24, 2.45) is 0 Å². The highest BCUT2D eigenvalue weighted by Crippen LogP contribution is 2.35. The maximum Gasteiger partial charge on any atom is 0.573 e. The molecule has 0 aliphatic rings. The molecule has 0 aliphatic heterocycles. The number of alkyl halides is 3. The average molecular weight is 444 g/mol. The summed E-state index contributed by atoms with van der Waals surface area (Å²) in [5.41, 5.74) is 1.47. The molecule has 0 heterocycles. The van der Waals surface area contributed by atoms with Crippen molar-refractivity contribution in [3.8, 4) is 16.9 Å². The zero-order valence-electron chi connectivity index (χ0n) is 17.4. The van der Waals surface area contributed by atoms with E-state index in [1.54, 1.807) is 12.1 Å². The van der Waals surface area contributed by atoms with Crippen LogP contribution in [0.2, 0.25) is 0 Å². The van der Waals surface area contributed by atoms with Crippen LogP contribution in [0.5, 0.6) is 5.75 Å². The van der Waals surface area contributed by atoms with Crippen LogP contribution in [0.4, 0.5) is 22.0 Å². The van der Waals surface area contributed by atoms with E-state index in [-0.39, 0.29) is 11.1 Å². The third-order valence-electron chi connectivity index (χ3n) is 5.55. The molecule has 0 radical (unpaired) electrons. The van der Waals surface area contributed by atoms with Gasteiger partial charge < -0.3 is 4.74 Å². The fourth-order valence-electron chi connectivity index (χ4n) is 3.99. The van der Waals surface area contributed by atoms with Crippen molar-refractivity contribution in [2.45, 2.75) is 39.0 Å². The van der Waals surface area contributed by atoms with Crippen molar-refractivity contribution in [2.75, 3.05) is 0 Å². The minimum atomic E-state index is -5.01. The maximum absolute atomic E-state index is 15.3. The Morgan fingerprint density at radius 3 is 2.25 bits per heavy atom. The van der Waals surface area contributed by atoms with Crippen LogP contribution >= 0.6 is 0 Å². The number of unbranched alkanes of at least 4 members (excludes halogenated alkanes) is 2. The lowest BCUT2D eigenvalue weighted by Crippen LogP contribution is -2.17. The van der Waals surface area contributed by atoms with Gasteiger partial charge in [-0.3, -0.25) is 0 Å². The largest absolute Gasteiger partial charge is 0.573 e. The summed E-state index contributed by atoms with van der Waals surface area (Å²) in [6, 6.07) is 15.9. The number of benzene rings is 4. The van der Waals surface area contributed by atoms with E-state index in [4.69, 9.17) is 0 Å². The number of rotatable bonds is 6. The molecule has 4 aromatic rings. The monoisotopic (exact) mass is 444 g/mol. The summed E-state index contributed by atoms with van der Waals surface area (Å²) in [6.45, 7) is 2.16. The predicted octanol–water partition coefficient (Wildman–Crippen LogP) is 8.57. The third kappa shape index (κ3) is 4.54. The first-order valence-corrected chi connectivity index (χ1v) is 10.5. The molecule has 0 atom stereocenters. The lowest BCUT2D eigenvalue weighted by molar-refractivity contribution is -0.275. The highest BCUT2D eigenvalue weighted by molar-refractivity contribution is 6.08. The zero-order chi connectivity index (χ0) is 22.9. The third-order valence-corrected chi connectivity index (χ3v) is 5.55. The van der Waals surface area contributed by atoms with Gasteiger partial charge in [0.1, 0.15) is 5.82 Å². The van der Waals surface area contributed by atoms with Crippen molar-refractivity contribution in [1.29, 1.82) is 0 Å². The van der Waals surface area contributed by atoms with E-state index in [9.17, 15) is 17.6 Å². The number of fused-ring (bicyclic) bond motifs is 3. The van der Waals surface area contributed by atoms with Gasteiger partial charge in [-0.05, 0) is 52.3 Å². The first-order valence-electron chi connectivity index (χ1n) is 10.5. The Labute approximate surface area is 182 Å². The Morgan fingerprint density at radius 1 is 0.781 bits per heavy atom. The molecule has 4 rings (SSSR count). The number of aryl methyl sites for hydroxylation is 1. The van der Waals surface area contributed by atoms with E-state index in [1.807, 2.05) is 12.1 Å². The van der Waals surface area contributed by atoms with E-state index in [0.29, 0.717) is 5.39 Å². The Bertz CT molecular complexity index is 1280. The van der Waals surface area contributed by atoms with E-state index in [0.717, 1.165) is 47.6 Å². The fraction of sp³-hybridized carbons (Fsp3) is 0.231. The van der Waals surface area contributed by atoms with Gasteiger partial charge in [0.05, 0.1) is 0 Å². The van der Waals surface area contributed by atoms with Gasteiger partial charge in [0, 0.05) is 10.9 Å². The SMILES string of the molecule is CCCCCc1ccc2c(ccc3c(F)c(-c4ccc(OC(F)(F)F)c(F)c4)ccc32)c1. The van der Waals surface area contributed by atoms with Crippen LogP contribution in [0.1, 0.15) is 31.7 Å². The molecule has 0 aromatic heterocycles. The molecule has 32 heavy (non-hydrogen) atoms. The molecule has 0 fully saturated rings. The van der Waals surface area contributed by atoms with Crippen molar-refractivity contribution >= 4 is 21.5 Å². The van der Waals surface area contributed by atoms with E-state index in [2.05, 4.69) is 23.8 Å². The summed E-state index contributed by atoms with van der Waals surface area (Å²) in [7, 11) is 0. The van der Waals surface area contributed by atoms with Crippen LogP contribution in [-0.4, -0.2) is 6.36 Å². The summed E-state index contributed by atoms with van der Waals surface area (Å²) in [5, 5.41) is 3.01. The molecular weight excluding hydrogens is 423 g/mol. The topological polar surface area (TPSA) is 9.23 Å². The minimum absolute atomic E-state index is 0.102. The van der Waals surface area contributed by atoms with Gasteiger partial charge in [0.15, 0.2) is 11.6 Å². The molecule has 0 amide bonds. The second kappa shape index (κ2) is 8.77. The molecular formula is C26H21F5O. The summed E-state index contributed by atoms with van der Waals surface area (Å²) < 4.78 is 70.2. The zero-order valence-corrected chi connectivity index (χ0v) is 17.4. The van der Waals surface area contributed by atoms with Crippen LogP contribution in [0, 0.1) is 11.6 Å². The van der Waals surface area contributed by atoms with Gasteiger partial charge in [-0.25, -0.2) is 8.78 Å². The van der Waals surface area contributed by atoms with Crippen molar-refractivity contribution in [1.82, 2.24) is 0 Å². The average Bonchev–Trinajstić information content (AvgIpc) is 2.74. The second-order valence-corrected chi connectivity index (χ2v) is 7.79. The first kappa shape index (κ1) is 22.1. The molecule has 0 unspecified atom stereocenters. The Hall–Kier alpha value is -3.15. The van der Waals surface area contributed by atoms with Crippen LogP contribution < -0.4 is 4.74 Å². The predicted molar refractivity (Wildman–Crippen MR) is 117 cm³/mol. The Morgan fingerprint density at radius 2 is 1.53 bits per heavy atom. The smallest absolute Gasteiger partial charge is 0.403 e. The lowest BCUT2D eigenvalue weighted by Gasteiger charge is -2.13. The highest BCUT2D eigenvalue weighted by Gasteiger charge is 2.32. The second-order valence-electron chi connectivity index (χ2n) is 7.79. The van der Waals surface area contributed by atoms with Gasteiger partial charge in [-0.2, -0.15) is 0 Å². The first-order chi connectivity index (χ1) is 15.3. The molecule has 1 nitrogen and oxygen atoms in total. The van der Waals surface area contributed by atoms with Crippen molar-refractivity contribution < 1.29 is 26.7 Å². The summed E-state index contributed by atoms with van der Waals surface area (Å²) in [6.07, 6.45) is -0.561. The van der Waals surface area contributed by atoms with Crippen LogP contribution in [0.3, 0.4) is 0 Å². The molecule has 0 bridgehead atoms. The molecule has 166 valence electrons. The van der Waals surface area contributed by atoms with Gasteiger partial charge in [0.25, 0.3) is 0 Å². The summed E-state index contributed by atoms with van der Waals surface area (Å²) in [4.78, 5) is 0. The summed E-state index contributed by atoms with van der Waals surface area (Å²) >= 11 is 0. The fourth-order valence-corrected chi connectivity index (χ4v) is 3.99. The lowest BCUT2D eigenvalue weighted by atomic mass is 9.95. The van der Waals surface area contributed by atoms with E-state index >= 15 is 4.39 Å². The van der Waals surface area contributed by atoms with Crippen LogP contribution in [0.15, 0.2) is 60.7 Å². The molecule has 4 aromatic carbocycles. The van der Waals surface area contributed by atoms with Crippen LogP contribution in [0.25, 0.3) is 32.7 Å². The van der Waals surface area contributed by atoms with Gasteiger partial charge in [0.2, 0.25) is 0 Å². The van der Waals surface area contributed by atoms with Gasteiger partial charge in [-0.1, -0.05) is 68.3 Å². The highest BCUT2D eigenvalue weighted by atomic mass is 19.4. The molecule has 0 saturated carbocycles. The number of ether oxygens (including phenoxy) is 1. The minimum Gasteiger partial charge on any atom is -0.403 e. The Kier molecular flexibility index (Phi) is 6.04. The van der Waals surface area contributed by atoms with Gasteiger partial charge >= 0.3 is 6.36 Å². The summed E-state index contributed by atoms with van der Waals surface area (Å²) in [5.74, 6) is -2.73. The molecule has 0 spiro atoms. The molecule has 0 saturated heterocycles. The van der Waals surface area contributed by atoms with Crippen molar-refractivity contribution in [3.05, 3.63) is 77.9 Å². The van der Waals surface area contributed by atoms with E-state index < -0.39 is 23.7 Å². The quantitative estimate of drug-likeness (QED) is 0.164. The molecule has 6 heteroatoms. The van der Waals surface area contributed by atoms with Crippen molar-refractivity contribution in [3.63, 3.8) is 0 Å².